The molecule has 2 N–H and O–H groups in total. The zero-order chi connectivity index (χ0) is 17.7. The fraction of sp³-hybridized carbons (Fsp3) is 0.278. The predicted octanol–water partition coefficient (Wildman–Crippen LogP) is 2.79. The van der Waals surface area contributed by atoms with E-state index in [0.29, 0.717) is 17.0 Å². The second-order valence-corrected chi connectivity index (χ2v) is 5.72. The van der Waals surface area contributed by atoms with Gasteiger partial charge in [0.15, 0.2) is 0 Å². The number of carbonyl (C=O) groups excluding carboxylic acids is 2. The van der Waals surface area contributed by atoms with E-state index in [2.05, 4.69) is 15.6 Å². The maximum Gasteiger partial charge on any atom is 0.274 e. The molecule has 0 atom stereocenters. The van der Waals surface area contributed by atoms with Crippen LogP contribution in [0.5, 0.6) is 5.75 Å². The second-order valence-electron chi connectivity index (χ2n) is 5.72. The molecule has 0 spiro atoms. The third-order valence-electron chi connectivity index (χ3n) is 3.28. The molecule has 0 bridgehead atoms. The molecule has 0 aliphatic rings. The van der Waals surface area contributed by atoms with Crippen LogP contribution in [0.2, 0.25) is 0 Å². The number of methoxy groups -OCH3 is 1. The molecule has 0 radical (unpaired) electrons. The van der Waals surface area contributed by atoms with Crippen molar-refractivity contribution in [2.75, 3.05) is 12.4 Å². The number of nitrogens with one attached hydrogen (secondary N) is 2. The fourth-order valence-electron chi connectivity index (χ4n) is 2.15. The summed E-state index contributed by atoms with van der Waals surface area (Å²) in [6.45, 7) is 5.66. The van der Waals surface area contributed by atoms with Crippen LogP contribution in [-0.2, 0) is 0 Å². The Hall–Kier alpha value is -2.89. The normalized spacial score (nSPS) is 10.4. The number of hydrogen-bond donors (Lipinski definition) is 2. The van der Waals surface area contributed by atoms with Gasteiger partial charge >= 0.3 is 0 Å². The zero-order valence-electron chi connectivity index (χ0n) is 14.2. The minimum Gasteiger partial charge on any atom is -0.495 e. The number of amides is 2. The molecule has 2 rings (SSSR count). The molecule has 1 aromatic heterocycles. The van der Waals surface area contributed by atoms with Gasteiger partial charge in [0, 0.05) is 17.8 Å². The van der Waals surface area contributed by atoms with Crippen LogP contribution in [0, 0.1) is 6.92 Å². The van der Waals surface area contributed by atoms with Gasteiger partial charge in [-0.2, -0.15) is 0 Å². The highest BCUT2D eigenvalue weighted by atomic mass is 16.5. The first-order chi connectivity index (χ1) is 11.4. The average Bonchev–Trinajstić information content (AvgIpc) is 2.54. The Balaban J connectivity index is 2.22. The number of nitrogens with zero attached hydrogens (tertiary/aromatic N) is 1. The summed E-state index contributed by atoms with van der Waals surface area (Å²) < 4.78 is 5.24. The van der Waals surface area contributed by atoms with Crippen LogP contribution in [0.15, 0.2) is 36.5 Å². The number of hydrogen-bond acceptors (Lipinski definition) is 4. The van der Waals surface area contributed by atoms with Gasteiger partial charge in [-0.3, -0.25) is 14.6 Å². The second kappa shape index (κ2) is 7.59. The van der Waals surface area contributed by atoms with E-state index < -0.39 is 5.91 Å². The molecule has 126 valence electrons. The van der Waals surface area contributed by atoms with Gasteiger partial charge in [-0.1, -0.05) is 6.07 Å². The SMILES string of the molecule is COc1ccc(C)cc1NC(=O)c1cc(C(=O)NC(C)C)ccn1. The molecule has 0 unspecified atom stereocenters. The number of rotatable bonds is 5. The summed E-state index contributed by atoms with van der Waals surface area (Å²) in [5.74, 6) is -0.0876. The van der Waals surface area contributed by atoms with Gasteiger partial charge in [0.1, 0.15) is 11.4 Å². The minimum atomic E-state index is -0.405. The van der Waals surface area contributed by atoms with Crippen molar-refractivity contribution in [2.24, 2.45) is 0 Å². The first-order valence-corrected chi connectivity index (χ1v) is 7.63. The summed E-state index contributed by atoms with van der Waals surface area (Å²) in [4.78, 5) is 28.5. The van der Waals surface area contributed by atoms with Crippen LogP contribution in [0.4, 0.5) is 5.69 Å². The number of aromatic nitrogens is 1. The van der Waals surface area contributed by atoms with E-state index in [4.69, 9.17) is 4.74 Å². The van der Waals surface area contributed by atoms with Crippen LogP contribution in [0.1, 0.15) is 40.3 Å². The Morgan fingerprint density at radius 1 is 1.12 bits per heavy atom. The Bertz CT molecular complexity index is 757. The van der Waals surface area contributed by atoms with Crippen LogP contribution in [0.25, 0.3) is 0 Å². The van der Waals surface area contributed by atoms with Gasteiger partial charge in [-0.15, -0.1) is 0 Å². The lowest BCUT2D eigenvalue weighted by Gasteiger charge is -2.11. The molecule has 1 aromatic carbocycles. The molecular weight excluding hydrogens is 306 g/mol. The molecule has 2 amide bonds. The van der Waals surface area contributed by atoms with Gasteiger partial charge < -0.3 is 15.4 Å². The van der Waals surface area contributed by atoms with Crippen molar-refractivity contribution in [3.63, 3.8) is 0 Å². The summed E-state index contributed by atoms with van der Waals surface area (Å²) in [5, 5.41) is 5.55. The topological polar surface area (TPSA) is 80.3 Å². The Morgan fingerprint density at radius 3 is 2.54 bits per heavy atom. The van der Waals surface area contributed by atoms with E-state index in [1.165, 1.54) is 19.4 Å². The van der Waals surface area contributed by atoms with E-state index in [0.717, 1.165) is 5.56 Å². The molecule has 0 fully saturated rings. The summed E-state index contributed by atoms with van der Waals surface area (Å²) in [5.41, 5.74) is 2.10. The quantitative estimate of drug-likeness (QED) is 0.885. The van der Waals surface area contributed by atoms with Crippen molar-refractivity contribution in [2.45, 2.75) is 26.8 Å². The van der Waals surface area contributed by atoms with E-state index in [-0.39, 0.29) is 17.6 Å². The third-order valence-corrected chi connectivity index (χ3v) is 3.28. The molecule has 24 heavy (non-hydrogen) atoms. The van der Waals surface area contributed by atoms with Crippen molar-refractivity contribution in [1.82, 2.24) is 10.3 Å². The van der Waals surface area contributed by atoms with Gasteiger partial charge in [-0.05, 0) is 50.6 Å². The smallest absolute Gasteiger partial charge is 0.274 e. The summed E-state index contributed by atoms with van der Waals surface area (Å²) in [6.07, 6.45) is 1.44. The molecule has 0 aliphatic heterocycles. The fourth-order valence-corrected chi connectivity index (χ4v) is 2.15. The van der Waals surface area contributed by atoms with E-state index >= 15 is 0 Å². The highest BCUT2D eigenvalue weighted by Gasteiger charge is 2.14. The van der Waals surface area contributed by atoms with E-state index in [1.54, 1.807) is 12.1 Å². The van der Waals surface area contributed by atoms with Crippen LogP contribution in [-0.4, -0.2) is 29.9 Å². The Morgan fingerprint density at radius 2 is 1.88 bits per heavy atom. The number of pyridine rings is 1. The van der Waals surface area contributed by atoms with Crippen molar-refractivity contribution >= 4 is 17.5 Å². The van der Waals surface area contributed by atoms with Crippen LogP contribution in [0.3, 0.4) is 0 Å². The number of aryl methyl sites for hydroxylation is 1. The molecule has 6 nitrogen and oxygen atoms in total. The summed E-state index contributed by atoms with van der Waals surface area (Å²) in [7, 11) is 1.54. The van der Waals surface area contributed by atoms with Crippen molar-refractivity contribution < 1.29 is 14.3 Å². The zero-order valence-corrected chi connectivity index (χ0v) is 14.2. The minimum absolute atomic E-state index is 0.0134. The number of ether oxygens (including phenoxy) is 1. The molecule has 1 heterocycles. The standard InChI is InChI=1S/C18H21N3O3/c1-11(2)20-17(22)13-7-8-19-15(10-13)18(23)21-14-9-12(3)5-6-16(14)24-4/h5-11H,1-4H3,(H,20,22)(H,21,23). The lowest BCUT2D eigenvalue weighted by molar-refractivity contribution is 0.0943. The van der Waals surface area contributed by atoms with Gasteiger partial charge in [-0.25, -0.2) is 0 Å². The molecule has 0 saturated carbocycles. The molecule has 0 aliphatic carbocycles. The Labute approximate surface area is 141 Å². The van der Waals surface area contributed by atoms with Crippen LogP contribution < -0.4 is 15.4 Å². The summed E-state index contributed by atoms with van der Waals surface area (Å²) in [6, 6.07) is 8.54. The van der Waals surface area contributed by atoms with E-state index in [9.17, 15) is 9.59 Å². The maximum absolute atomic E-state index is 12.4. The first kappa shape index (κ1) is 17.5. The first-order valence-electron chi connectivity index (χ1n) is 7.63. The average molecular weight is 327 g/mol. The lowest BCUT2D eigenvalue weighted by atomic mass is 10.1. The molecule has 2 aromatic rings. The van der Waals surface area contributed by atoms with Crippen molar-refractivity contribution in [3.8, 4) is 5.75 Å². The predicted molar refractivity (Wildman–Crippen MR) is 92.5 cm³/mol. The molecular formula is C18H21N3O3. The number of carbonyl (C=O) groups is 2. The molecule has 0 saturated heterocycles. The maximum atomic E-state index is 12.4. The van der Waals surface area contributed by atoms with E-state index in [1.807, 2.05) is 32.9 Å². The number of benzene rings is 1. The van der Waals surface area contributed by atoms with Crippen molar-refractivity contribution in [3.05, 3.63) is 53.3 Å². The van der Waals surface area contributed by atoms with Crippen molar-refractivity contribution in [1.29, 1.82) is 0 Å². The highest BCUT2D eigenvalue weighted by Crippen LogP contribution is 2.25. The monoisotopic (exact) mass is 327 g/mol. The molecule has 6 heteroatoms. The van der Waals surface area contributed by atoms with Gasteiger partial charge in [0.2, 0.25) is 0 Å². The summed E-state index contributed by atoms with van der Waals surface area (Å²) >= 11 is 0. The van der Waals surface area contributed by atoms with Crippen LogP contribution >= 0.6 is 0 Å². The number of anilines is 1. The van der Waals surface area contributed by atoms with Gasteiger partial charge in [0.05, 0.1) is 12.8 Å². The highest BCUT2D eigenvalue weighted by molar-refractivity contribution is 6.05. The largest absolute Gasteiger partial charge is 0.495 e. The Kier molecular flexibility index (Phi) is 5.52. The third kappa shape index (κ3) is 4.32. The van der Waals surface area contributed by atoms with Gasteiger partial charge in [0.25, 0.3) is 11.8 Å². The lowest BCUT2D eigenvalue weighted by Crippen LogP contribution is -2.30.